The Morgan fingerprint density at radius 3 is 1.44 bits per heavy atom. The molecule has 0 aliphatic carbocycles. The van der Waals surface area contributed by atoms with Crippen LogP contribution in [-0.4, -0.2) is 48.6 Å². The normalized spacial score (nSPS) is 26.6. The van der Waals surface area contributed by atoms with Crippen LogP contribution in [0.15, 0.2) is 0 Å². The Bertz CT molecular complexity index is 291. The average molecular weight is 441 g/mol. The molecule has 0 spiro atoms. The van der Waals surface area contributed by atoms with Gasteiger partial charge in [-0.05, 0) is 12.6 Å². The van der Waals surface area contributed by atoms with E-state index < -0.39 is 48.6 Å². The first-order chi connectivity index (χ1) is 12.3. The minimum atomic E-state index is -2.01. The predicted molar refractivity (Wildman–Crippen MR) is 117 cm³/mol. The maximum atomic E-state index is 6.06. The van der Waals surface area contributed by atoms with Crippen LogP contribution >= 0.6 is 0 Å². The summed E-state index contributed by atoms with van der Waals surface area (Å²) in [6.07, 6.45) is 16.6. The molecule has 1 heterocycles. The SMILES string of the molecule is CCCCCCCCCCCCCC[Si]1(C)O[SiH2]O[SiH2]O[SiH2]O[SiH2]O1. The van der Waals surface area contributed by atoms with Crippen LogP contribution in [0.25, 0.3) is 0 Å². The van der Waals surface area contributed by atoms with Crippen molar-refractivity contribution in [3.05, 3.63) is 0 Å². The van der Waals surface area contributed by atoms with Gasteiger partial charge in [0.2, 0.25) is 0 Å². The highest BCUT2D eigenvalue weighted by Crippen LogP contribution is 2.19. The summed E-state index contributed by atoms with van der Waals surface area (Å²) < 4.78 is 28.7. The van der Waals surface area contributed by atoms with Crippen molar-refractivity contribution in [3.63, 3.8) is 0 Å². The Morgan fingerprint density at radius 1 is 0.560 bits per heavy atom. The molecule has 0 atom stereocenters. The minimum absolute atomic E-state index is 0.817. The summed E-state index contributed by atoms with van der Waals surface area (Å²) in [5, 5.41) is 0. The van der Waals surface area contributed by atoms with E-state index in [1.807, 2.05) is 0 Å². The smallest absolute Gasteiger partial charge is 0.316 e. The molecule has 25 heavy (non-hydrogen) atoms. The van der Waals surface area contributed by atoms with Crippen LogP contribution in [-0.2, 0) is 20.6 Å². The molecule has 0 amide bonds. The quantitative estimate of drug-likeness (QED) is 0.323. The fourth-order valence-corrected chi connectivity index (χ4v) is 14.2. The van der Waals surface area contributed by atoms with Crippen molar-refractivity contribution < 1.29 is 20.6 Å². The molecule has 0 radical (unpaired) electrons. The minimum Gasteiger partial charge on any atom is -0.425 e. The second kappa shape index (κ2) is 17.0. The zero-order valence-corrected chi connectivity index (χ0v) is 23.2. The highest BCUT2D eigenvalue weighted by atomic mass is 28.5. The van der Waals surface area contributed by atoms with Gasteiger partial charge in [-0.25, -0.2) is 0 Å². The summed E-state index contributed by atoms with van der Waals surface area (Å²) in [6.45, 7) is 4.48. The van der Waals surface area contributed by atoms with Crippen LogP contribution in [0.3, 0.4) is 0 Å². The van der Waals surface area contributed by atoms with E-state index in [9.17, 15) is 0 Å². The summed E-state index contributed by atoms with van der Waals surface area (Å²) in [5.41, 5.74) is 0. The summed E-state index contributed by atoms with van der Waals surface area (Å²) in [7, 11) is -5.42. The Kier molecular flexibility index (Phi) is 16.3. The van der Waals surface area contributed by atoms with Crippen molar-refractivity contribution in [2.75, 3.05) is 0 Å². The lowest BCUT2D eigenvalue weighted by molar-refractivity contribution is 0.313. The molecular weight excluding hydrogens is 401 g/mol. The van der Waals surface area contributed by atoms with Gasteiger partial charge in [-0.15, -0.1) is 0 Å². The van der Waals surface area contributed by atoms with Crippen molar-refractivity contribution in [1.82, 2.24) is 0 Å². The van der Waals surface area contributed by atoms with Crippen molar-refractivity contribution in [3.8, 4) is 0 Å². The summed E-state index contributed by atoms with van der Waals surface area (Å²) in [5.74, 6) is 0. The molecule has 0 unspecified atom stereocenters. The van der Waals surface area contributed by atoms with E-state index in [0.29, 0.717) is 0 Å². The van der Waals surface area contributed by atoms with Gasteiger partial charge in [-0.3, -0.25) is 0 Å². The number of rotatable bonds is 13. The molecule has 1 saturated heterocycles. The lowest BCUT2D eigenvalue weighted by atomic mass is 10.1. The Morgan fingerprint density at radius 2 is 0.960 bits per heavy atom. The lowest BCUT2D eigenvalue weighted by Crippen LogP contribution is -2.43. The van der Waals surface area contributed by atoms with E-state index >= 15 is 0 Å². The van der Waals surface area contributed by atoms with E-state index in [-0.39, 0.29) is 0 Å². The van der Waals surface area contributed by atoms with Gasteiger partial charge in [-0.1, -0.05) is 84.0 Å². The fourth-order valence-electron chi connectivity index (χ4n) is 3.03. The number of hydrogen-bond acceptors (Lipinski definition) is 5. The molecule has 0 aromatic heterocycles. The molecule has 1 fully saturated rings. The van der Waals surface area contributed by atoms with E-state index in [0.717, 1.165) is 6.04 Å². The largest absolute Gasteiger partial charge is 0.425 e. The van der Waals surface area contributed by atoms with Gasteiger partial charge in [0.1, 0.15) is 0 Å². The first-order valence-electron chi connectivity index (χ1n) is 10.3. The van der Waals surface area contributed by atoms with Crippen LogP contribution < -0.4 is 0 Å². The van der Waals surface area contributed by atoms with Crippen LogP contribution in [0, 0.1) is 0 Å². The third-order valence-corrected chi connectivity index (χ3v) is 15.8. The van der Waals surface area contributed by atoms with Crippen molar-refractivity contribution in [2.24, 2.45) is 0 Å². The standard InChI is InChI=1S/C15H40O5Si5/c1-3-4-5-6-7-8-9-10-11-12-13-14-15-25(2)19-23-17-21-16-22-18-24-20-25/h3-15,21-24H2,1-2H3. The molecule has 0 bridgehead atoms. The van der Waals surface area contributed by atoms with Crippen molar-refractivity contribution in [2.45, 2.75) is 96.6 Å². The van der Waals surface area contributed by atoms with E-state index in [1.54, 1.807) is 0 Å². The first-order valence-corrected chi connectivity index (χ1v) is 17.4. The van der Waals surface area contributed by atoms with Crippen LogP contribution in [0.1, 0.15) is 84.0 Å². The maximum Gasteiger partial charge on any atom is 0.316 e. The molecule has 5 nitrogen and oxygen atoms in total. The molecule has 0 N–H and O–H groups in total. The van der Waals surface area contributed by atoms with Gasteiger partial charge < -0.3 is 20.6 Å². The van der Waals surface area contributed by atoms with Crippen LogP contribution in [0.5, 0.6) is 0 Å². The maximum absolute atomic E-state index is 6.06. The van der Waals surface area contributed by atoms with Crippen molar-refractivity contribution in [1.29, 1.82) is 0 Å². The van der Waals surface area contributed by atoms with Crippen LogP contribution in [0.2, 0.25) is 12.6 Å². The Hall–Kier alpha value is 0.884. The van der Waals surface area contributed by atoms with Gasteiger partial charge in [0.15, 0.2) is 0 Å². The predicted octanol–water partition coefficient (Wildman–Crippen LogP) is 1.85. The van der Waals surface area contributed by atoms with Gasteiger partial charge >= 0.3 is 8.56 Å². The molecule has 0 aromatic carbocycles. The zero-order chi connectivity index (χ0) is 18.1. The van der Waals surface area contributed by atoms with Gasteiger partial charge in [0.05, 0.1) is 0 Å². The van der Waals surface area contributed by atoms with Crippen LogP contribution in [0.4, 0.5) is 0 Å². The van der Waals surface area contributed by atoms with Gasteiger partial charge in [0, 0.05) is 0 Å². The molecular formula is C15H40O5Si5. The second-order valence-electron chi connectivity index (χ2n) is 7.15. The molecule has 1 rings (SSSR count). The molecule has 0 aromatic rings. The molecule has 10 heteroatoms. The Labute approximate surface area is 165 Å². The van der Waals surface area contributed by atoms with E-state index in [4.69, 9.17) is 20.6 Å². The third kappa shape index (κ3) is 14.6. The van der Waals surface area contributed by atoms with Gasteiger partial charge in [0.25, 0.3) is 40.0 Å². The molecule has 1 aliphatic rings. The lowest BCUT2D eigenvalue weighted by Gasteiger charge is -2.28. The molecule has 1 aliphatic heterocycles. The number of unbranched alkanes of at least 4 members (excludes halogenated alkanes) is 11. The summed E-state index contributed by atoms with van der Waals surface area (Å²) >= 11 is 0. The Balaban J connectivity index is 1.94. The average Bonchev–Trinajstić information content (AvgIpc) is 2.62. The molecule has 0 saturated carbocycles. The second-order valence-corrected chi connectivity index (χ2v) is 18.1. The highest BCUT2D eigenvalue weighted by molar-refractivity contribution is 6.74. The highest BCUT2D eigenvalue weighted by Gasteiger charge is 2.30. The van der Waals surface area contributed by atoms with E-state index in [1.165, 1.54) is 77.0 Å². The molecule has 150 valence electrons. The summed E-state index contributed by atoms with van der Waals surface area (Å²) in [4.78, 5) is 0. The first kappa shape index (κ1) is 23.9. The zero-order valence-electron chi connectivity index (χ0n) is 16.6. The van der Waals surface area contributed by atoms with E-state index in [2.05, 4.69) is 13.5 Å². The fraction of sp³-hybridized carbons (Fsp3) is 1.00. The van der Waals surface area contributed by atoms with Gasteiger partial charge in [-0.2, -0.15) is 0 Å². The third-order valence-electron chi connectivity index (χ3n) is 4.71. The summed E-state index contributed by atoms with van der Waals surface area (Å²) in [6, 6.07) is 1.10. The monoisotopic (exact) mass is 440 g/mol. The topological polar surface area (TPSA) is 46.2 Å². The number of hydrogen-bond donors (Lipinski definition) is 0. The van der Waals surface area contributed by atoms with Crippen molar-refractivity contribution >= 4 is 48.6 Å².